The molecule has 0 aromatic rings. The van der Waals surface area contributed by atoms with Crippen molar-refractivity contribution < 1.29 is 4.79 Å². The van der Waals surface area contributed by atoms with Crippen LogP contribution in [0.15, 0.2) is 0 Å². The fourth-order valence-corrected chi connectivity index (χ4v) is 2.73. The molecule has 0 amide bonds. The van der Waals surface area contributed by atoms with Crippen LogP contribution < -0.4 is 5.32 Å². The van der Waals surface area contributed by atoms with E-state index < -0.39 is 0 Å². The highest BCUT2D eigenvalue weighted by Crippen LogP contribution is 2.38. The van der Waals surface area contributed by atoms with Crippen molar-refractivity contribution in [1.29, 1.82) is 0 Å². The minimum atomic E-state index is 0.204. The summed E-state index contributed by atoms with van der Waals surface area (Å²) in [5.41, 5.74) is 0.204. The van der Waals surface area contributed by atoms with E-state index in [1.165, 1.54) is 25.7 Å². The first kappa shape index (κ1) is 8.24. The lowest BCUT2D eigenvalue weighted by Gasteiger charge is -2.39. The van der Waals surface area contributed by atoms with Crippen molar-refractivity contribution in [3.05, 3.63) is 0 Å². The van der Waals surface area contributed by atoms with E-state index in [0.29, 0.717) is 5.78 Å². The van der Waals surface area contributed by atoms with Crippen LogP contribution in [0.4, 0.5) is 0 Å². The third-order valence-corrected chi connectivity index (χ3v) is 3.66. The van der Waals surface area contributed by atoms with Crippen molar-refractivity contribution in [2.24, 2.45) is 5.92 Å². The van der Waals surface area contributed by atoms with Crippen LogP contribution in [0.3, 0.4) is 0 Å². The second kappa shape index (κ2) is 2.84. The zero-order valence-electron chi connectivity index (χ0n) is 7.73. The van der Waals surface area contributed by atoms with Crippen molar-refractivity contribution in [1.82, 2.24) is 5.32 Å². The zero-order valence-corrected chi connectivity index (χ0v) is 7.73. The molecule has 1 N–H and O–H groups in total. The van der Waals surface area contributed by atoms with Gasteiger partial charge < -0.3 is 5.32 Å². The van der Waals surface area contributed by atoms with Crippen molar-refractivity contribution in [2.75, 3.05) is 6.54 Å². The minimum absolute atomic E-state index is 0.204. The number of hydrogen-bond acceptors (Lipinski definition) is 2. The molecule has 68 valence electrons. The molecule has 0 radical (unpaired) electrons. The van der Waals surface area contributed by atoms with E-state index in [1.54, 1.807) is 0 Å². The van der Waals surface area contributed by atoms with Gasteiger partial charge in [0.1, 0.15) is 5.78 Å². The summed E-state index contributed by atoms with van der Waals surface area (Å²) in [5.74, 6) is 0.726. The van der Waals surface area contributed by atoms with Crippen LogP contribution in [0.25, 0.3) is 0 Å². The van der Waals surface area contributed by atoms with Crippen LogP contribution in [-0.4, -0.2) is 17.9 Å². The Morgan fingerprint density at radius 2 is 2.08 bits per heavy atom. The summed E-state index contributed by atoms with van der Waals surface area (Å²) in [6, 6.07) is 0. The molecule has 0 aromatic carbocycles. The third-order valence-electron chi connectivity index (χ3n) is 3.66. The largest absolute Gasteiger partial charge is 0.310 e. The van der Waals surface area contributed by atoms with Crippen molar-refractivity contribution in [2.45, 2.75) is 44.6 Å². The maximum Gasteiger partial charge on any atom is 0.138 e. The average Bonchev–Trinajstić information content (AvgIpc) is 2.50. The first-order valence-corrected chi connectivity index (χ1v) is 5.02. The average molecular weight is 167 g/mol. The highest BCUT2D eigenvalue weighted by Gasteiger charge is 2.43. The van der Waals surface area contributed by atoms with Gasteiger partial charge in [0.15, 0.2) is 0 Å². The standard InChI is InChI=1S/C10H17NO/c1-8-9(12)4-7-11-10(8)5-2-3-6-10/h8,11H,2-7H2,1H3/t8-/m0/s1. The molecule has 2 nitrogen and oxygen atoms in total. The van der Waals surface area contributed by atoms with Gasteiger partial charge in [-0.2, -0.15) is 0 Å². The maximum absolute atomic E-state index is 11.5. The lowest BCUT2D eigenvalue weighted by Crippen LogP contribution is -2.55. The predicted molar refractivity (Wildman–Crippen MR) is 48.0 cm³/mol. The molecule has 1 atom stereocenters. The Morgan fingerprint density at radius 1 is 1.42 bits per heavy atom. The Hall–Kier alpha value is -0.370. The molecule has 0 aromatic heterocycles. The Morgan fingerprint density at radius 3 is 2.75 bits per heavy atom. The van der Waals surface area contributed by atoms with E-state index in [4.69, 9.17) is 0 Å². The molecule has 1 aliphatic carbocycles. The molecule has 0 unspecified atom stereocenters. The van der Waals surface area contributed by atoms with Crippen molar-refractivity contribution in [3.8, 4) is 0 Å². The molecule has 1 spiro atoms. The Labute approximate surface area is 73.7 Å². The van der Waals surface area contributed by atoms with Gasteiger partial charge in [-0.25, -0.2) is 0 Å². The number of nitrogens with one attached hydrogen (secondary N) is 1. The Kier molecular flexibility index (Phi) is 1.95. The molecule has 12 heavy (non-hydrogen) atoms. The van der Waals surface area contributed by atoms with E-state index in [0.717, 1.165) is 13.0 Å². The monoisotopic (exact) mass is 167 g/mol. The quantitative estimate of drug-likeness (QED) is 0.592. The third kappa shape index (κ3) is 1.09. The number of piperidine rings is 1. The molecule has 1 saturated carbocycles. The van der Waals surface area contributed by atoms with Crippen LogP contribution in [0, 0.1) is 5.92 Å². The predicted octanol–water partition coefficient (Wildman–Crippen LogP) is 1.50. The number of carbonyl (C=O) groups excluding carboxylic acids is 1. The number of hydrogen-bond donors (Lipinski definition) is 1. The molecule has 2 rings (SSSR count). The summed E-state index contributed by atoms with van der Waals surface area (Å²) in [7, 11) is 0. The second-order valence-electron chi connectivity index (χ2n) is 4.23. The summed E-state index contributed by atoms with van der Waals surface area (Å²) in [4.78, 5) is 11.5. The van der Waals surface area contributed by atoms with Gasteiger partial charge in [0, 0.05) is 24.4 Å². The molecular formula is C10H17NO. The Balaban J connectivity index is 2.17. The SMILES string of the molecule is C[C@H]1C(=O)CCNC12CCCC2. The van der Waals surface area contributed by atoms with Gasteiger partial charge in [0.05, 0.1) is 0 Å². The van der Waals surface area contributed by atoms with E-state index >= 15 is 0 Å². The highest BCUT2D eigenvalue weighted by atomic mass is 16.1. The lowest BCUT2D eigenvalue weighted by molar-refractivity contribution is -0.127. The van der Waals surface area contributed by atoms with Crippen LogP contribution >= 0.6 is 0 Å². The van der Waals surface area contributed by atoms with E-state index in [-0.39, 0.29) is 11.5 Å². The van der Waals surface area contributed by atoms with Crippen molar-refractivity contribution >= 4 is 5.78 Å². The number of rotatable bonds is 0. The normalized spacial score (nSPS) is 34.4. The van der Waals surface area contributed by atoms with Crippen LogP contribution in [0.5, 0.6) is 0 Å². The molecule has 0 bridgehead atoms. The Bertz CT molecular complexity index is 194. The summed E-state index contributed by atoms with van der Waals surface area (Å²) < 4.78 is 0. The smallest absolute Gasteiger partial charge is 0.138 e. The van der Waals surface area contributed by atoms with Gasteiger partial charge in [-0.15, -0.1) is 0 Å². The fourth-order valence-electron chi connectivity index (χ4n) is 2.73. The van der Waals surface area contributed by atoms with Gasteiger partial charge in [-0.05, 0) is 12.8 Å². The molecule has 2 aliphatic rings. The summed E-state index contributed by atoms with van der Waals surface area (Å²) in [6.07, 6.45) is 5.75. The zero-order chi connectivity index (χ0) is 8.60. The number of ketones is 1. The molecule has 1 aliphatic heterocycles. The van der Waals surface area contributed by atoms with Crippen LogP contribution in [0.1, 0.15) is 39.0 Å². The molecule has 2 heteroatoms. The number of carbonyl (C=O) groups is 1. The van der Waals surface area contributed by atoms with Gasteiger partial charge in [0.2, 0.25) is 0 Å². The second-order valence-corrected chi connectivity index (χ2v) is 4.23. The summed E-state index contributed by atoms with van der Waals surface area (Å²) in [5, 5.41) is 3.55. The van der Waals surface area contributed by atoms with Crippen LogP contribution in [-0.2, 0) is 4.79 Å². The highest BCUT2D eigenvalue weighted by molar-refractivity contribution is 5.83. The molecule has 1 saturated heterocycles. The van der Waals surface area contributed by atoms with Gasteiger partial charge in [-0.3, -0.25) is 4.79 Å². The first-order chi connectivity index (χ1) is 5.75. The van der Waals surface area contributed by atoms with E-state index in [9.17, 15) is 4.79 Å². The lowest BCUT2D eigenvalue weighted by atomic mass is 9.77. The van der Waals surface area contributed by atoms with Gasteiger partial charge >= 0.3 is 0 Å². The molecule has 2 fully saturated rings. The van der Waals surface area contributed by atoms with Gasteiger partial charge in [-0.1, -0.05) is 19.8 Å². The number of Topliss-reactive ketones (excluding diaryl/α,β-unsaturated/α-hetero) is 1. The molecule has 1 heterocycles. The van der Waals surface area contributed by atoms with E-state index in [1.807, 2.05) is 0 Å². The first-order valence-electron chi connectivity index (χ1n) is 5.02. The maximum atomic E-state index is 11.5. The van der Waals surface area contributed by atoms with E-state index in [2.05, 4.69) is 12.2 Å². The fraction of sp³-hybridized carbons (Fsp3) is 0.900. The van der Waals surface area contributed by atoms with Gasteiger partial charge in [0.25, 0.3) is 0 Å². The summed E-state index contributed by atoms with van der Waals surface area (Å²) >= 11 is 0. The molecular weight excluding hydrogens is 150 g/mol. The van der Waals surface area contributed by atoms with Crippen LogP contribution in [0.2, 0.25) is 0 Å². The summed E-state index contributed by atoms with van der Waals surface area (Å²) in [6.45, 7) is 3.00. The van der Waals surface area contributed by atoms with Crippen molar-refractivity contribution in [3.63, 3.8) is 0 Å². The minimum Gasteiger partial charge on any atom is -0.310 e. The topological polar surface area (TPSA) is 29.1 Å².